The minimum Gasteiger partial charge on any atom is -0.465 e. The summed E-state index contributed by atoms with van der Waals surface area (Å²) in [6.07, 6.45) is 0.676. The highest BCUT2D eigenvalue weighted by Crippen LogP contribution is 2.32. The number of fused-ring (bicyclic) bond motifs is 1. The number of aryl methyl sites for hydroxylation is 1. The topological polar surface area (TPSA) is 69.7 Å². The molecule has 0 fully saturated rings. The number of benzene rings is 1. The van der Waals surface area contributed by atoms with Crippen LogP contribution in [0.15, 0.2) is 18.2 Å². The number of Topliss-reactive ketones (excluding diaryl/α,β-unsaturated/α-hetero) is 1. The Hall–Kier alpha value is -2.17. The normalized spacial score (nSPS) is 16.3. The van der Waals surface area contributed by atoms with Gasteiger partial charge in [0.05, 0.1) is 13.2 Å². The van der Waals surface area contributed by atoms with Crippen molar-refractivity contribution in [1.29, 1.82) is 0 Å². The second kappa shape index (κ2) is 7.40. The van der Waals surface area contributed by atoms with E-state index in [1.165, 1.54) is 0 Å². The summed E-state index contributed by atoms with van der Waals surface area (Å²) in [5.74, 6) is -2.68. The summed E-state index contributed by atoms with van der Waals surface area (Å²) in [5, 5.41) is 0. The summed E-state index contributed by atoms with van der Waals surface area (Å²) >= 11 is 0. The number of ether oxygens (including phenoxy) is 2. The third-order valence-corrected chi connectivity index (χ3v) is 4.03. The van der Waals surface area contributed by atoms with Crippen molar-refractivity contribution in [3.05, 3.63) is 34.9 Å². The summed E-state index contributed by atoms with van der Waals surface area (Å²) in [4.78, 5) is 36.6. The molecule has 0 bridgehead atoms. The van der Waals surface area contributed by atoms with Crippen LogP contribution in [0, 0.1) is 18.8 Å². The van der Waals surface area contributed by atoms with Gasteiger partial charge in [0.1, 0.15) is 0 Å². The van der Waals surface area contributed by atoms with E-state index in [1.54, 1.807) is 13.8 Å². The van der Waals surface area contributed by atoms with E-state index in [4.69, 9.17) is 9.47 Å². The summed E-state index contributed by atoms with van der Waals surface area (Å²) < 4.78 is 9.92. The van der Waals surface area contributed by atoms with Crippen LogP contribution in [-0.4, -0.2) is 30.9 Å². The Bertz CT molecular complexity index is 602. The first-order valence-corrected chi connectivity index (χ1v) is 7.94. The van der Waals surface area contributed by atoms with Crippen LogP contribution in [0.3, 0.4) is 0 Å². The average Bonchev–Trinajstić information content (AvgIpc) is 2.80. The van der Waals surface area contributed by atoms with E-state index in [-0.39, 0.29) is 31.3 Å². The third kappa shape index (κ3) is 3.78. The van der Waals surface area contributed by atoms with E-state index >= 15 is 0 Å². The molecule has 0 heterocycles. The molecule has 1 atom stereocenters. The SMILES string of the molecule is CCOC(=O)C(CC1Cc2cc(C)ccc2C1=O)C(=O)OCC. The van der Waals surface area contributed by atoms with Crippen LogP contribution >= 0.6 is 0 Å². The smallest absolute Gasteiger partial charge is 0.320 e. The Kier molecular flexibility index (Phi) is 5.53. The second-order valence-electron chi connectivity index (χ2n) is 5.72. The molecule has 1 unspecified atom stereocenters. The number of esters is 2. The standard InChI is InChI=1S/C18H22O5/c1-4-22-17(20)15(18(21)23-5-2)10-13-9-12-8-11(3)6-7-14(12)16(13)19/h6-8,13,15H,4-5,9-10H2,1-3H3. The van der Waals surface area contributed by atoms with Gasteiger partial charge >= 0.3 is 11.9 Å². The van der Waals surface area contributed by atoms with Crippen molar-refractivity contribution in [2.45, 2.75) is 33.6 Å². The summed E-state index contributed by atoms with van der Waals surface area (Å²) in [6, 6.07) is 5.70. The Morgan fingerprint density at radius 2 is 1.78 bits per heavy atom. The van der Waals surface area contributed by atoms with Crippen LogP contribution < -0.4 is 0 Å². The van der Waals surface area contributed by atoms with Gasteiger partial charge in [-0.1, -0.05) is 23.8 Å². The van der Waals surface area contributed by atoms with E-state index in [2.05, 4.69) is 0 Å². The van der Waals surface area contributed by atoms with Crippen LogP contribution in [0.25, 0.3) is 0 Å². The lowest BCUT2D eigenvalue weighted by atomic mass is 9.91. The lowest BCUT2D eigenvalue weighted by Crippen LogP contribution is -2.31. The molecule has 0 spiro atoms. The van der Waals surface area contributed by atoms with E-state index in [1.807, 2.05) is 25.1 Å². The maximum Gasteiger partial charge on any atom is 0.320 e. The number of hydrogen-bond donors (Lipinski definition) is 0. The van der Waals surface area contributed by atoms with Crippen molar-refractivity contribution in [2.24, 2.45) is 11.8 Å². The van der Waals surface area contributed by atoms with Gasteiger partial charge in [-0.15, -0.1) is 0 Å². The van der Waals surface area contributed by atoms with E-state index in [9.17, 15) is 14.4 Å². The molecular formula is C18H22O5. The first-order chi connectivity index (χ1) is 11.0. The fourth-order valence-corrected chi connectivity index (χ4v) is 2.96. The van der Waals surface area contributed by atoms with Crippen molar-refractivity contribution >= 4 is 17.7 Å². The molecule has 1 aliphatic rings. The molecular weight excluding hydrogens is 296 g/mol. The monoisotopic (exact) mass is 318 g/mol. The average molecular weight is 318 g/mol. The molecule has 0 amide bonds. The van der Waals surface area contributed by atoms with Crippen molar-refractivity contribution in [3.8, 4) is 0 Å². The number of rotatable bonds is 6. The van der Waals surface area contributed by atoms with Gasteiger partial charge in [-0.05, 0) is 39.2 Å². The van der Waals surface area contributed by atoms with Crippen molar-refractivity contribution in [1.82, 2.24) is 0 Å². The first kappa shape index (κ1) is 17.2. The molecule has 0 N–H and O–H groups in total. The maximum absolute atomic E-state index is 12.5. The number of carbonyl (C=O) groups is 3. The molecule has 5 heteroatoms. The van der Waals surface area contributed by atoms with Crippen LogP contribution in [0.1, 0.15) is 41.8 Å². The fraction of sp³-hybridized carbons (Fsp3) is 0.500. The van der Waals surface area contributed by atoms with Crippen molar-refractivity contribution in [2.75, 3.05) is 13.2 Å². The van der Waals surface area contributed by atoms with Gasteiger partial charge in [-0.2, -0.15) is 0 Å². The Labute approximate surface area is 136 Å². The minimum atomic E-state index is -1.04. The summed E-state index contributed by atoms with van der Waals surface area (Å²) in [6.45, 7) is 5.70. The van der Waals surface area contributed by atoms with Crippen LogP contribution in [0.4, 0.5) is 0 Å². The van der Waals surface area contributed by atoms with E-state index in [0.717, 1.165) is 11.1 Å². The zero-order valence-electron chi connectivity index (χ0n) is 13.8. The van der Waals surface area contributed by atoms with Crippen molar-refractivity contribution < 1.29 is 23.9 Å². The second-order valence-corrected chi connectivity index (χ2v) is 5.72. The third-order valence-electron chi connectivity index (χ3n) is 4.03. The van der Waals surface area contributed by atoms with Gasteiger partial charge in [-0.25, -0.2) is 0 Å². The molecule has 0 saturated carbocycles. The van der Waals surface area contributed by atoms with E-state index in [0.29, 0.717) is 12.0 Å². The lowest BCUT2D eigenvalue weighted by molar-refractivity contribution is -0.162. The zero-order chi connectivity index (χ0) is 17.0. The Balaban J connectivity index is 2.16. The van der Waals surface area contributed by atoms with E-state index < -0.39 is 17.9 Å². The maximum atomic E-state index is 12.5. The minimum absolute atomic E-state index is 0.0152. The van der Waals surface area contributed by atoms with Gasteiger partial charge in [0, 0.05) is 11.5 Å². The summed E-state index contributed by atoms with van der Waals surface area (Å²) in [7, 11) is 0. The van der Waals surface area contributed by atoms with Crippen LogP contribution in [-0.2, 0) is 25.5 Å². The quantitative estimate of drug-likeness (QED) is 0.595. The van der Waals surface area contributed by atoms with Crippen molar-refractivity contribution in [3.63, 3.8) is 0 Å². The van der Waals surface area contributed by atoms with Crippen LogP contribution in [0.2, 0.25) is 0 Å². The van der Waals surface area contributed by atoms with Gasteiger partial charge in [-0.3, -0.25) is 14.4 Å². The molecule has 0 saturated heterocycles. The van der Waals surface area contributed by atoms with Gasteiger partial charge in [0.2, 0.25) is 0 Å². The molecule has 2 rings (SSSR count). The molecule has 0 aliphatic heterocycles. The lowest BCUT2D eigenvalue weighted by Gasteiger charge is -2.17. The number of ketones is 1. The Morgan fingerprint density at radius 1 is 1.17 bits per heavy atom. The van der Waals surface area contributed by atoms with Gasteiger partial charge in [0.15, 0.2) is 11.7 Å². The predicted molar refractivity (Wildman–Crippen MR) is 84.1 cm³/mol. The highest BCUT2D eigenvalue weighted by atomic mass is 16.6. The fourth-order valence-electron chi connectivity index (χ4n) is 2.96. The molecule has 1 aliphatic carbocycles. The number of hydrogen-bond acceptors (Lipinski definition) is 5. The molecule has 23 heavy (non-hydrogen) atoms. The highest BCUT2D eigenvalue weighted by molar-refractivity contribution is 6.03. The molecule has 0 radical (unpaired) electrons. The molecule has 1 aromatic rings. The summed E-state index contributed by atoms with van der Waals surface area (Å²) in [5.41, 5.74) is 2.75. The highest BCUT2D eigenvalue weighted by Gasteiger charge is 2.38. The zero-order valence-corrected chi connectivity index (χ0v) is 13.8. The van der Waals surface area contributed by atoms with Gasteiger partial charge < -0.3 is 9.47 Å². The number of carbonyl (C=O) groups excluding carboxylic acids is 3. The molecule has 1 aromatic carbocycles. The van der Waals surface area contributed by atoms with Crippen LogP contribution in [0.5, 0.6) is 0 Å². The first-order valence-electron chi connectivity index (χ1n) is 7.94. The Morgan fingerprint density at radius 3 is 2.35 bits per heavy atom. The largest absolute Gasteiger partial charge is 0.465 e. The molecule has 5 nitrogen and oxygen atoms in total. The molecule has 0 aromatic heterocycles. The predicted octanol–water partition coefficient (Wildman–Crippen LogP) is 2.48. The van der Waals surface area contributed by atoms with Gasteiger partial charge in [0.25, 0.3) is 0 Å². The molecule has 124 valence electrons.